The summed E-state index contributed by atoms with van der Waals surface area (Å²) in [6.45, 7) is -0.125. The lowest BCUT2D eigenvalue weighted by molar-refractivity contribution is 0.182. The van der Waals surface area contributed by atoms with Crippen LogP contribution in [0.1, 0.15) is 11.7 Å². The van der Waals surface area contributed by atoms with Crippen molar-refractivity contribution in [3.8, 4) is 0 Å². The second-order valence-corrected chi connectivity index (χ2v) is 5.98. The number of aliphatic hydroxyl groups excluding tert-OH is 1. The highest BCUT2D eigenvalue weighted by molar-refractivity contribution is 7.88. The predicted octanol–water partition coefficient (Wildman–Crippen LogP) is 1.58. The van der Waals surface area contributed by atoms with Crippen molar-refractivity contribution < 1.29 is 13.5 Å². The first-order chi connectivity index (χ1) is 7.29. The Hall–Kier alpha value is -0.330. The Balaban J connectivity index is 2.77. The van der Waals surface area contributed by atoms with Gasteiger partial charge in [-0.3, -0.25) is 0 Å². The molecule has 4 nitrogen and oxygen atoms in total. The third-order valence-electron chi connectivity index (χ3n) is 1.86. The molecule has 1 unspecified atom stereocenters. The summed E-state index contributed by atoms with van der Waals surface area (Å²) >= 11 is 11.5. The summed E-state index contributed by atoms with van der Waals surface area (Å²) in [6.07, 6.45) is 0.0166. The molecule has 0 aromatic heterocycles. The summed E-state index contributed by atoms with van der Waals surface area (Å²) in [5.74, 6) is 0. The van der Waals surface area contributed by atoms with Gasteiger partial charge < -0.3 is 5.11 Å². The van der Waals surface area contributed by atoms with E-state index in [1.165, 1.54) is 6.07 Å². The lowest BCUT2D eigenvalue weighted by Crippen LogP contribution is -2.27. The highest BCUT2D eigenvalue weighted by Gasteiger charge is 2.13. The molecule has 0 fully saturated rings. The molecule has 7 heteroatoms. The topological polar surface area (TPSA) is 66.4 Å². The molecule has 0 saturated carbocycles. The Morgan fingerprint density at radius 1 is 1.44 bits per heavy atom. The van der Waals surface area contributed by atoms with Crippen LogP contribution in [0.4, 0.5) is 0 Å². The van der Waals surface area contributed by atoms with E-state index >= 15 is 0 Å². The molecule has 0 bridgehead atoms. The maximum absolute atomic E-state index is 10.8. The van der Waals surface area contributed by atoms with Gasteiger partial charge in [0.15, 0.2) is 0 Å². The van der Waals surface area contributed by atoms with E-state index in [4.69, 9.17) is 23.2 Å². The molecule has 1 rings (SSSR count). The molecule has 2 N–H and O–H groups in total. The molecule has 0 saturated heterocycles. The van der Waals surface area contributed by atoms with E-state index in [1.807, 2.05) is 0 Å². The summed E-state index contributed by atoms with van der Waals surface area (Å²) in [5, 5.41) is 10.5. The molecule has 0 amide bonds. The number of hydrogen-bond acceptors (Lipinski definition) is 3. The van der Waals surface area contributed by atoms with Crippen LogP contribution in [0, 0.1) is 0 Å². The van der Waals surface area contributed by atoms with Crippen molar-refractivity contribution in [3.63, 3.8) is 0 Å². The normalized spacial score (nSPS) is 13.8. The van der Waals surface area contributed by atoms with Crippen LogP contribution < -0.4 is 4.72 Å². The maximum atomic E-state index is 10.8. The van der Waals surface area contributed by atoms with Crippen molar-refractivity contribution in [2.24, 2.45) is 0 Å². The van der Waals surface area contributed by atoms with E-state index in [2.05, 4.69) is 4.72 Å². The molecule has 0 aliphatic carbocycles. The molecule has 1 aromatic carbocycles. The average molecular weight is 284 g/mol. The third-order valence-corrected chi connectivity index (χ3v) is 3.11. The van der Waals surface area contributed by atoms with Crippen molar-refractivity contribution >= 4 is 33.2 Å². The quantitative estimate of drug-likeness (QED) is 0.882. The lowest BCUT2D eigenvalue weighted by Gasteiger charge is -2.12. The van der Waals surface area contributed by atoms with Gasteiger partial charge in [0.05, 0.1) is 12.4 Å². The van der Waals surface area contributed by atoms with E-state index in [-0.39, 0.29) is 6.54 Å². The fraction of sp³-hybridized carbons (Fsp3) is 0.333. The van der Waals surface area contributed by atoms with Crippen LogP contribution in [0.2, 0.25) is 10.0 Å². The maximum Gasteiger partial charge on any atom is 0.208 e. The van der Waals surface area contributed by atoms with E-state index in [1.54, 1.807) is 12.1 Å². The highest BCUT2D eigenvalue weighted by Crippen LogP contribution is 2.25. The molecule has 16 heavy (non-hydrogen) atoms. The van der Waals surface area contributed by atoms with Gasteiger partial charge in [0.2, 0.25) is 10.0 Å². The Morgan fingerprint density at radius 3 is 2.56 bits per heavy atom. The summed E-state index contributed by atoms with van der Waals surface area (Å²) < 4.78 is 23.9. The largest absolute Gasteiger partial charge is 0.387 e. The van der Waals surface area contributed by atoms with Gasteiger partial charge in [0.25, 0.3) is 0 Å². The summed E-state index contributed by atoms with van der Waals surface area (Å²) in [4.78, 5) is 0. The van der Waals surface area contributed by atoms with Crippen LogP contribution in [0.15, 0.2) is 18.2 Å². The lowest BCUT2D eigenvalue weighted by atomic mass is 10.1. The van der Waals surface area contributed by atoms with Gasteiger partial charge in [-0.25, -0.2) is 13.1 Å². The summed E-state index contributed by atoms with van der Waals surface area (Å²) in [7, 11) is -3.33. The van der Waals surface area contributed by atoms with Crippen molar-refractivity contribution in [1.29, 1.82) is 0 Å². The van der Waals surface area contributed by atoms with Crippen LogP contribution in [0.25, 0.3) is 0 Å². The van der Waals surface area contributed by atoms with E-state index in [0.717, 1.165) is 6.26 Å². The highest BCUT2D eigenvalue weighted by atomic mass is 35.5. The van der Waals surface area contributed by atoms with Crippen molar-refractivity contribution in [3.05, 3.63) is 33.8 Å². The summed E-state index contributed by atoms with van der Waals surface area (Å²) in [6, 6.07) is 4.62. The van der Waals surface area contributed by atoms with Crippen LogP contribution in [0.5, 0.6) is 0 Å². The molecular weight excluding hydrogens is 273 g/mol. The van der Waals surface area contributed by atoms with Gasteiger partial charge in [-0.15, -0.1) is 0 Å². The van der Waals surface area contributed by atoms with Gasteiger partial charge >= 0.3 is 0 Å². The first kappa shape index (κ1) is 13.7. The second kappa shape index (κ2) is 5.33. The van der Waals surface area contributed by atoms with Gasteiger partial charge in [-0.1, -0.05) is 29.3 Å². The van der Waals surface area contributed by atoms with Gasteiger partial charge in [-0.2, -0.15) is 0 Å². The van der Waals surface area contributed by atoms with Crippen LogP contribution in [-0.2, 0) is 10.0 Å². The van der Waals surface area contributed by atoms with E-state index in [0.29, 0.717) is 15.6 Å². The van der Waals surface area contributed by atoms with E-state index < -0.39 is 16.1 Å². The molecule has 0 aliphatic heterocycles. The zero-order valence-corrected chi connectivity index (χ0v) is 10.8. The van der Waals surface area contributed by atoms with Gasteiger partial charge in [-0.05, 0) is 12.1 Å². The van der Waals surface area contributed by atoms with Crippen molar-refractivity contribution in [1.82, 2.24) is 4.72 Å². The molecule has 0 spiro atoms. The zero-order valence-electron chi connectivity index (χ0n) is 8.44. The second-order valence-electron chi connectivity index (χ2n) is 3.30. The Bertz CT molecular complexity index is 476. The first-order valence-corrected chi connectivity index (χ1v) is 7.02. The standard InChI is InChI=1S/C9H11Cl2NO3S/c1-16(14,15)12-5-9(13)7-3-2-6(10)4-8(7)11/h2-4,9,12-13H,5H2,1H3. The van der Waals surface area contributed by atoms with Crippen molar-refractivity contribution in [2.45, 2.75) is 6.10 Å². The molecule has 1 atom stereocenters. The average Bonchev–Trinajstić information content (AvgIpc) is 2.13. The minimum atomic E-state index is -3.33. The molecule has 0 radical (unpaired) electrons. The molecule has 90 valence electrons. The monoisotopic (exact) mass is 283 g/mol. The fourth-order valence-corrected chi connectivity index (χ4v) is 2.11. The minimum absolute atomic E-state index is 0.125. The number of rotatable bonds is 4. The van der Waals surface area contributed by atoms with E-state index in [9.17, 15) is 13.5 Å². The molecule has 1 aromatic rings. The van der Waals surface area contributed by atoms with Gasteiger partial charge in [0.1, 0.15) is 0 Å². The summed E-state index contributed by atoms with van der Waals surface area (Å²) in [5.41, 5.74) is 0.433. The smallest absolute Gasteiger partial charge is 0.208 e. The molecule has 0 aliphatic rings. The molecule has 0 heterocycles. The number of aliphatic hydroxyl groups is 1. The fourth-order valence-electron chi connectivity index (χ4n) is 1.11. The van der Waals surface area contributed by atoms with Crippen LogP contribution >= 0.6 is 23.2 Å². The number of nitrogens with one attached hydrogen (secondary N) is 1. The van der Waals surface area contributed by atoms with Gasteiger partial charge in [0, 0.05) is 22.2 Å². The Morgan fingerprint density at radius 2 is 2.06 bits per heavy atom. The Labute approximate surface area is 104 Å². The predicted molar refractivity (Wildman–Crippen MR) is 64.3 cm³/mol. The molecular formula is C9H11Cl2NO3S. The number of sulfonamides is 1. The number of benzene rings is 1. The SMILES string of the molecule is CS(=O)(=O)NCC(O)c1ccc(Cl)cc1Cl. The number of hydrogen-bond donors (Lipinski definition) is 2. The zero-order chi connectivity index (χ0) is 12.3. The van der Waals surface area contributed by atoms with Crippen LogP contribution in [0.3, 0.4) is 0 Å². The third kappa shape index (κ3) is 4.27. The minimum Gasteiger partial charge on any atom is -0.387 e. The Kier molecular flexibility index (Phi) is 4.58. The van der Waals surface area contributed by atoms with Crippen molar-refractivity contribution in [2.75, 3.05) is 12.8 Å². The van der Waals surface area contributed by atoms with Crippen LogP contribution in [-0.4, -0.2) is 26.3 Å². The first-order valence-electron chi connectivity index (χ1n) is 4.37. The number of halogens is 2.